The van der Waals surface area contributed by atoms with Crippen LogP contribution in [0.3, 0.4) is 0 Å². The molecule has 1 aromatic carbocycles. The number of hydrogen-bond donors (Lipinski definition) is 1. The minimum Gasteiger partial charge on any atom is -0.492 e. The molecule has 1 unspecified atom stereocenters. The van der Waals surface area contributed by atoms with Gasteiger partial charge in [-0.2, -0.15) is 0 Å². The molecule has 8 heteroatoms. The number of halogens is 1. The Kier molecular flexibility index (Phi) is 9.12. The van der Waals surface area contributed by atoms with Crippen LogP contribution in [-0.4, -0.2) is 46.3 Å². The predicted molar refractivity (Wildman–Crippen MR) is 160 cm³/mol. The van der Waals surface area contributed by atoms with E-state index < -0.39 is 17.7 Å². The zero-order valence-corrected chi connectivity index (χ0v) is 24.6. The minimum atomic E-state index is -1.24. The van der Waals surface area contributed by atoms with Crippen LogP contribution < -0.4 is 9.64 Å². The van der Waals surface area contributed by atoms with E-state index in [9.17, 15) is 14.3 Å². The van der Waals surface area contributed by atoms with Crippen molar-refractivity contribution >= 4 is 17.7 Å². The molecule has 1 atom stereocenters. The van der Waals surface area contributed by atoms with Gasteiger partial charge in [-0.3, -0.25) is 9.97 Å². The number of carbonyl (C=O) groups is 1. The number of hydrogen-bond acceptors (Lipinski definition) is 6. The summed E-state index contributed by atoms with van der Waals surface area (Å²) >= 11 is 0. The molecule has 1 aliphatic heterocycles. The fourth-order valence-corrected chi connectivity index (χ4v) is 4.97. The number of aromatic nitrogens is 2. The van der Waals surface area contributed by atoms with Crippen molar-refractivity contribution < 1.29 is 23.8 Å². The van der Waals surface area contributed by atoms with Crippen LogP contribution in [0.4, 0.5) is 10.1 Å². The Morgan fingerprint density at radius 2 is 1.80 bits per heavy atom. The summed E-state index contributed by atoms with van der Waals surface area (Å²) in [5, 5.41) is 10.3. The second kappa shape index (κ2) is 12.4. The number of pyridine rings is 2. The van der Waals surface area contributed by atoms with Gasteiger partial charge < -0.3 is 19.5 Å². The lowest BCUT2D eigenvalue weighted by Gasteiger charge is -2.40. The third-order valence-corrected chi connectivity index (χ3v) is 7.29. The molecule has 2 aromatic heterocycles. The Bertz CT molecular complexity index is 1350. The first-order chi connectivity index (χ1) is 19.4. The zero-order chi connectivity index (χ0) is 29.8. The van der Waals surface area contributed by atoms with E-state index in [1.807, 2.05) is 32.9 Å². The normalized spacial score (nSPS) is 15.8. The van der Waals surface area contributed by atoms with Crippen LogP contribution >= 0.6 is 0 Å². The average Bonchev–Trinajstić information content (AvgIpc) is 2.92. The Balaban J connectivity index is 1.70. The second-order valence-electron chi connectivity index (χ2n) is 12.2. The Morgan fingerprint density at radius 1 is 1.12 bits per heavy atom. The Labute approximate surface area is 242 Å². The third-order valence-electron chi connectivity index (χ3n) is 7.29. The van der Waals surface area contributed by atoms with Gasteiger partial charge in [0, 0.05) is 36.8 Å². The molecule has 0 bridgehead atoms. The van der Waals surface area contributed by atoms with Gasteiger partial charge in [-0.1, -0.05) is 32.6 Å². The molecule has 4 rings (SSSR count). The van der Waals surface area contributed by atoms with Gasteiger partial charge >= 0.3 is 5.97 Å². The van der Waals surface area contributed by atoms with Crippen LogP contribution in [0, 0.1) is 11.2 Å². The summed E-state index contributed by atoms with van der Waals surface area (Å²) in [5.74, 6) is -0.744. The standard InChI is InChI=1S/C33H40FN3O4/c1-7-26-28(30(31(38)39)41-32(2,3)4)29(37-17-15-33(5,6)16-18-37)25(21-36-26)27-13-12-24(20-35-27)40-19-14-22-8-10-23(34)11-9-22/h7-13,20-21,30H,1,14-19H2,2-6H3,(H,38,39). The molecule has 0 aliphatic carbocycles. The van der Waals surface area contributed by atoms with E-state index in [1.54, 1.807) is 30.6 Å². The summed E-state index contributed by atoms with van der Waals surface area (Å²) in [6, 6.07) is 10.1. The zero-order valence-electron chi connectivity index (χ0n) is 24.6. The van der Waals surface area contributed by atoms with Gasteiger partial charge in [0.05, 0.1) is 35.5 Å². The van der Waals surface area contributed by atoms with E-state index in [1.165, 1.54) is 12.1 Å². The number of carboxylic acids is 1. The van der Waals surface area contributed by atoms with E-state index in [2.05, 4.69) is 30.3 Å². The van der Waals surface area contributed by atoms with Gasteiger partial charge in [-0.05, 0) is 74.9 Å². The highest BCUT2D eigenvalue weighted by molar-refractivity contribution is 5.87. The van der Waals surface area contributed by atoms with Crippen LogP contribution in [-0.2, 0) is 16.0 Å². The molecule has 0 saturated carbocycles. The van der Waals surface area contributed by atoms with E-state index in [0.29, 0.717) is 35.7 Å². The molecule has 1 fully saturated rings. The van der Waals surface area contributed by atoms with Gasteiger partial charge in [-0.25, -0.2) is 9.18 Å². The summed E-state index contributed by atoms with van der Waals surface area (Å²) in [6.07, 6.45) is 6.30. The SMILES string of the molecule is C=Cc1ncc(-c2ccc(OCCc3ccc(F)cc3)cn2)c(N2CCC(C)(C)CC2)c1C(OC(C)(C)C)C(=O)O. The minimum absolute atomic E-state index is 0.199. The lowest BCUT2D eigenvalue weighted by molar-refractivity contribution is -0.160. The van der Waals surface area contributed by atoms with E-state index in [-0.39, 0.29) is 11.2 Å². The van der Waals surface area contributed by atoms with Crippen LogP contribution in [0.2, 0.25) is 0 Å². The summed E-state index contributed by atoms with van der Waals surface area (Å²) < 4.78 is 25.2. The molecule has 0 spiro atoms. The molecule has 1 saturated heterocycles. The van der Waals surface area contributed by atoms with Crippen molar-refractivity contribution in [1.29, 1.82) is 0 Å². The monoisotopic (exact) mass is 561 g/mol. The highest BCUT2D eigenvalue weighted by Crippen LogP contribution is 2.43. The van der Waals surface area contributed by atoms with E-state index >= 15 is 0 Å². The molecule has 0 radical (unpaired) electrons. The van der Waals surface area contributed by atoms with E-state index in [4.69, 9.17) is 14.5 Å². The number of carboxylic acid groups (broad SMARTS) is 1. The van der Waals surface area contributed by atoms with Crippen molar-refractivity contribution in [3.8, 4) is 17.0 Å². The molecule has 7 nitrogen and oxygen atoms in total. The molecular formula is C33H40FN3O4. The summed E-state index contributed by atoms with van der Waals surface area (Å²) in [6.45, 7) is 15.9. The van der Waals surface area contributed by atoms with Crippen molar-refractivity contribution in [2.45, 2.75) is 65.6 Å². The van der Waals surface area contributed by atoms with Crippen LogP contribution in [0.5, 0.6) is 5.75 Å². The number of aliphatic carboxylic acids is 1. The maximum absolute atomic E-state index is 13.2. The number of ether oxygens (including phenoxy) is 2. The van der Waals surface area contributed by atoms with Gasteiger partial charge in [0.15, 0.2) is 6.10 Å². The largest absolute Gasteiger partial charge is 0.492 e. The molecule has 218 valence electrons. The van der Waals surface area contributed by atoms with Crippen molar-refractivity contribution in [1.82, 2.24) is 9.97 Å². The van der Waals surface area contributed by atoms with Gasteiger partial charge in [0.1, 0.15) is 11.6 Å². The first-order valence-electron chi connectivity index (χ1n) is 14.0. The highest BCUT2D eigenvalue weighted by atomic mass is 19.1. The van der Waals surface area contributed by atoms with Crippen LogP contribution in [0.1, 0.15) is 70.4 Å². The summed E-state index contributed by atoms with van der Waals surface area (Å²) in [5.41, 5.74) is 3.59. The Morgan fingerprint density at radius 3 is 2.37 bits per heavy atom. The molecule has 41 heavy (non-hydrogen) atoms. The predicted octanol–water partition coefficient (Wildman–Crippen LogP) is 7.11. The third kappa shape index (κ3) is 7.70. The molecular weight excluding hydrogens is 521 g/mol. The summed E-state index contributed by atoms with van der Waals surface area (Å²) in [4.78, 5) is 24.2. The first-order valence-corrected chi connectivity index (χ1v) is 14.0. The maximum atomic E-state index is 13.2. The number of rotatable bonds is 10. The quantitative estimate of drug-likeness (QED) is 0.282. The maximum Gasteiger partial charge on any atom is 0.337 e. The van der Waals surface area contributed by atoms with Gasteiger partial charge in [0.25, 0.3) is 0 Å². The van der Waals surface area contributed by atoms with Gasteiger partial charge in [-0.15, -0.1) is 0 Å². The topological polar surface area (TPSA) is 84.8 Å². The van der Waals surface area contributed by atoms with Crippen molar-refractivity contribution in [3.63, 3.8) is 0 Å². The first kappa shape index (κ1) is 30.2. The second-order valence-corrected chi connectivity index (χ2v) is 12.2. The van der Waals surface area contributed by atoms with E-state index in [0.717, 1.165) is 42.7 Å². The average molecular weight is 562 g/mol. The molecule has 1 aliphatic rings. The highest BCUT2D eigenvalue weighted by Gasteiger charge is 2.36. The lowest BCUT2D eigenvalue weighted by atomic mass is 9.82. The van der Waals surface area contributed by atoms with Crippen molar-refractivity contribution in [2.75, 3.05) is 24.6 Å². The molecule has 3 heterocycles. The summed E-state index contributed by atoms with van der Waals surface area (Å²) in [7, 11) is 0. The fraction of sp³-hybridized carbons (Fsp3) is 0.424. The number of piperidine rings is 1. The molecule has 3 aromatic rings. The number of anilines is 1. The number of benzene rings is 1. The fourth-order valence-electron chi connectivity index (χ4n) is 4.97. The molecule has 0 amide bonds. The molecule has 1 N–H and O–H groups in total. The van der Waals surface area contributed by atoms with Crippen molar-refractivity contribution in [2.24, 2.45) is 5.41 Å². The van der Waals surface area contributed by atoms with Crippen molar-refractivity contribution in [3.05, 3.63) is 78.0 Å². The number of nitrogens with zero attached hydrogens (tertiary/aromatic N) is 3. The van der Waals surface area contributed by atoms with Crippen LogP contribution in [0.15, 0.2) is 55.4 Å². The van der Waals surface area contributed by atoms with Crippen LogP contribution in [0.25, 0.3) is 17.3 Å². The smallest absolute Gasteiger partial charge is 0.337 e. The Hall–Kier alpha value is -3.78. The lowest BCUT2D eigenvalue weighted by Crippen LogP contribution is -2.39. The van der Waals surface area contributed by atoms with Gasteiger partial charge in [0.2, 0.25) is 0 Å².